The number of hydrogen-bond donors (Lipinski definition) is 0. The van der Waals surface area contributed by atoms with Crippen molar-refractivity contribution < 1.29 is 18.9 Å². The van der Waals surface area contributed by atoms with Crippen LogP contribution in [0.1, 0.15) is 25.7 Å². The molecule has 1 fully saturated rings. The fourth-order valence-corrected chi connectivity index (χ4v) is 4.59. The van der Waals surface area contributed by atoms with Gasteiger partial charge in [0.15, 0.2) is 11.5 Å². The van der Waals surface area contributed by atoms with Gasteiger partial charge in [-0.05, 0) is 49.9 Å². The maximum atomic E-state index is 5.56. The summed E-state index contributed by atoms with van der Waals surface area (Å²) in [5.74, 6) is 2.46. The smallest absolute Gasteiger partial charge is 0.211 e. The van der Waals surface area contributed by atoms with Gasteiger partial charge in [0.2, 0.25) is 10.6 Å². The molecule has 32 heavy (non-hydrogen) atoms. The molecule has 0 saturated heterocycles. The average Bonchev–Trinajstić information content (AvgIpc) is 3.49. The Kier molecular flexibility index (Phi) is 6.80. The summed E-state index contributed by atoms with van der Waals surface area (Å²) in [6.45, 7) is 0. The molecule has 4 rings (SSSR count). The van der Waals surface area contributed by atoms with Gasteiger partial charge in [0.1, 0.15) is 11.4 Å². The number of thiazole rings is 1. The van der Waals surface area contributed by atoms with E-state index in [9.17, 15) is 0 Å². The highest BCUT2D eigenvalue weighted by Gasteiger charge is 2.18. The summed E-state index contributed by atoms with van der Waals surface area (Å²) in [6, 6.07) is 11.6. The van der Waals surface area contributed by atoms with Crippen LogP contribution in [0.15, 0.2) is 51.9 Å². The Bertz CT molecular complexity index is 1160. The molecule has 3 aromatic rings. The topological polar surface area (TPSA) is 66.6 Å². The van der Waals surface area contributed by atoms with E-state index in [0.717, 1.165) is 40.3 Å². The van der Waals surface area contributed by atoms with Gasteiger partial charge in [0.25, 0.3) is 0 Å². The van der Waals surface area contributed by atoms with Crippen LogP contribution < -0.4 is 23.7 Å². The van der Waals surface area contributed by atoms with Crippen molar-refractivity contribution in [3.8, 4) is 34.3 Å². The van der Waals surface area contributed by atoms with Gasteiger partial charge in [0.05, 0.1) is 34.1 Å². The highest BCUT2D eigenvalue weighted by molar-refractivity contribution is 7.07. The molecule has 0 aliphatic heterocycles. The molecule has 168 valence electrons. The van der Waals surface area contributed by atoms with Crippen molar-refractivity contribution in [2.24, 2.45) is 10.1 Å². The Morgan fingerprint density at radius 3 is 2.12 bits per heavy atom. The quantitative estimate of drug-likeness (QED) is 0.489. The summed E-state index contributed by atoms with van der Waals surface area (Å²) < 4.78 is 24.0. The predicted octanol–water partition coefficient (Wildman–Crippen LogP) is 5.26. The molecule has 0 atom stereocenters. The minimum atomic E-state index is 0.557. The number of methoxy groups -OCH3 is 4. The van der Waals surface area contributed by atoms with Gasteiger partial charge >= 0.3 is 0 Å². The lowest BCUT2D eigenvalue weighted by atomic mass is 10.1. The summed E-state index contributed by atoms with van der Waals surface area (Å²) in [7, 11) is 6.48. The normalized spacial score (nSPS) is 13.9. The van der Waals surface area contributed by atoms with E-state index in [2.05, 4.69) is 0 Å². The first-order valence-electron chi connectivity index (χ1n) is 10.4. The number of ether oxygens (including phenoxy) is 4. The van der Waals surface area contributed by atoms with E-state index in [1.54, 1.807) is 28.4 Å². The molecule has 7 nitrogen and oxygen atoms in total. The van der Waals surface area contributed by atoms with E-state index >= 15 is 0 Å². The zero-order valence-corrected chi connectivity index (χ0v) is 19.6. The Morgan fingerprint density at radius 2 is 1.50 bits per heavy atom. The number of nitrogens with zero attached hydrogens (tertiary/aromatic N) is 3. The summed E-state index contributed by atoms with van der Waals surface area (Å²) in [4.78, 5) is 5.64. The van der Waals surface area contributed by atoms with E-state index in [1.807, 2.05) is 46.5 Å². The van der Waals surface area contributed by atoms with Crippen molar-refractivity contribution in [2.45, 2.75) is 25.7 Å². The molecule has 0 spiro atoms. The number of hydrogen-bond acceptors (Lipinski definition) is 7. The first-order chi connectivity index (χ1) is 15.7. The number of benzene rings is 2. The lowest BCUT2D eigenvalue weighted by Gasteiger charge is -2.14. The van der Waals surface area contributed by atoms with Crippen LogP contribution in [-0.4, -0.2) is 38.8 Å². The Morgan fingerprint density at radius 1 is 0.844 bits per heavy atom. The van der Waals surface area contributed by atoms with Crippen LogP contribution in [0.2, 0.25) is 0 Å². The van der Waals surface area contributed by atoms with E-state index in [1.165, 1.54) is 29.9 Å². The summed E-state index contributed by atoms with van der Waals surface area (Å²) in [6.07, 6.45) is 4.35. The van der Waals surface area contributed by atoms with E-state index in [-0.39, 0.29) is 0 Å². The maximum Gasteiger partial charge on any atom is 0.211 e. The standard InChI is InChI=1S/C24H27N3O4S/c1-28-20-12-8-7-11-18(20)25-24-27(26-17-9-5-6-10-17)19(15-32-24)16-13-21(29-2)23(31-4)22(14-16)30-3/h7-8,11-15H,5-6,9-10H2,1-4H3. The monoisotopic (exact) mass is 453 g/mol. The maximum absolute atomic E-state index is 5.56. The van der Waals surface area contributed by atoms with Crippen LogP contribution in [0.3, 0.4) is 0 Å². The fourth-order valence-electron chi connectivity index (χ4n) is 3.75. The van der Waals surface area contributed by atoms with Gasteiger partial charge in [-0.1, -0.05) is 12.1 Å². The highest BCUT2D eigenvalue weighted by atomic mass is 32.1. The van der Waals surface area contributed by atoms with E-state index in [4.69, 9.17) is 29.0 Å². The van der Waals surface area contributed by atoms with Gasteiger partial charge in [-0.2, -0.15) is 5.10 Å². The predicted molar refractivity (Wildman–Crippen MR) is 127 cm³/mol. The minimum absolute atomic E-state index is 0.557. The molecule has 1 saturated carbocycles. The summed E-state index contributed by atoms with van der Waals surface area (Å²) in [5.41, 5.74) is 3.74. The molecule has 1 heterocycles. The number of rotatable bonds is 7. The van der Waals surface area contributed by atoms with Gasteiger partial charge < -0.3 is 18.9 Å². The largest absolute Gasteiger partial charge is 0.494 e. The van der Waals surface area contributed by atoms with Gasteiger partial charge in [-0.25, -0.2) is 9.67 Å². The third kappa shape index (κ3) is 4.36. The molecule has 0 amide bonds. The lowest BCUT2D eigenvalue weighted by Crippen LogP contribution is -2.13. The summed E-state index contributed by atoms with van der Waals surface area (Å²) in [5, 5.41) is 7.05. The van der Waals surface area contributed by atoms with Crippen molar-refractivity contribution in [2.75, 3.05) is 28.4 Å². The first kappa shape index (κ1) is 22.0. The molecule has 8 heteroatoms. The first-order valence-corrected chi connectivity index (χ1v) is 11.3. The zero-order valence-electron chi connectivity index (χ0n) is 18.8. The number of para-hydroxylation sites is 2. The van der Waals surface area contributed by atoms with Crippen LogP contribution >= 0.6 is 11.3 Å². The number of aromatic nitrogens is 1. The van der Waals surface area contributed by atoms with Crippen LogP contribution in [0.4, 0.5) is 5.69 Å². The van der Waals surface area contributed by atoms with Crippen LogP contribution in [0, 0.1) is 0 Å². The third-order valence-corrected chi connectivity index (χ3v) is 6.19. The molecule has 1 aliphatic rings. The van der Waals surface area contributed by atoms with Gasteiger partial charge in [-0.3, -0.25) is 0 Å². The molecular formula is C24H27N3O4S. The van der Waals surface area contributed by atoms with Crippen LogP contribution in [0.25, 0.3) is 11.3 Å². The van der Waals surface area contributed by atoms with Crippen molar-refractivity contribution in [1.82, 2.24) is 4.68 Å². The second-order valence-corrected chi connectivity index (χ2v) is 8.12. The van der Waals surface area contributed by atoms with E-state index < -0.39 is 0 Å². The van der Waals surface area contributed by atoms with E-state index in [0.29, 0.717) is 17.2 Å². The van der Waals surface area contributed by atoms with Crippen molar-refractivity contribution >= 4 is 22.7 Å². The van der Waals surface area contributed by atoms with Crippen molar-refractivity contribution in [3.05, 3.63) is 46.6 Å². The second-order valence-electron chi connectivity index (χ2n) is 7.29. The van der Waals surface area contributed by atoms with Crippen LogP contribution in [-0.2, 0) is 0 Å². The molecule has 0 N–H and O–H groups in total. The Hall–Kier alpha value is -3.26. The highest BCUT2D eigenvalue weighted by Crippen LogP contribution is 2.41. The Balaban J connectivity index is 1.92. The molecule has 0 unspecified atom stereocenters. The second kappa shape index (κ2) is 9.91. The van der Waals surface area contributed by atoms with Crippen LogP contribution in [0.5, 0.6) is 23.0 Å². The third-order valence-electron chi connectivity index (χ3n) is 5.37. The van der Waals surface area contributed by atoms with Crippen molar-refractivity contribution in [3.63, 3.8) is 0 Å². The van der Waals surface area contributed by atoms with Crippen molar-refractivity contribution in [1.29, 1.82) is 0 Å². The molecular weight excluding hydrogens is 426 g/mol. The average molecular weight is 454 g/mol. The molecule has 0 radical (unpaired) electrons. The van der Waals surface area contributed by atoms with Gasteiger partial charge in [-0.15, -0.1) is 11.3 Å². The molecule has 0 bridgehead atoms. The zero-order chi connectivity index (χ0) is 22.5. The lowest BCUT2D eigenvalue weighted by molar-refractivity contribution is 0.324. The molecule has 1 aromatic heterocycles. The molecule has 1 aliphatic carbocycles. The van der Waals surface area contributed by atoms with Gasteiger partial charge in [0, 0.05) is 16.7 Å². The molecule has 2 aromatic carbocycles. The summed E-state index contributed by atoms with van der Waals surface area (Å²) >= 11 is 1.53. The SMILES string of the molecule is COc1ccccc1N=c1scc(-c2cc(OC)c(OC)c(OC)c2)n1N=C1CCCC1. The Labute approximate surface area is 191 Å². The fraction of sp³-hybridized carbons (Fsp3) is 0.333. The minimum Gasteiger partial charge on any atom is -0.494 e.